The molecule has 0 N–H and O–H groups in total. The van der Waals surface area contributed by atoms with Gasteiger partial charge in [0.2, 0.25) is 0 Å². The Labute approximate surface area is 275 Å². The van der Waals surface area contributed by atoms with E-state index in [2.05, 4.69) is 64.1 Å². The lowest BCUT2D eigenvalue weighted by atomic mass is 9.98. The van der Waals surface area contributed by atoms with Crippen molar-refractivity contribution in [3.05, 3.63) is 139 Å². The van der Waals surface area contributed by atoms with Crippen LogP contribution in [0.5, 0.6) is 0 Å². The van der Waals surface area contributed by atoms with E-state index in [9.17, 15) is 5.26 Å². The van der Waals surface area contributed by atoms with E-state index in [1.807, 2.05) is 91.0 Å². The molecule has 0 unspecified atom stereocenters. The van der Waals surface area contributed by atoms with E-state index in [0.29, 0.717) is 40.0 Å². The Hall–Kier alpha value is -6.85. The first-order valence-corrected chi connectivity index (χ1v) is 15.3. The Kier molecular flexibility index (Phi) is 7.25. The van der Waals surface area contributed by atoms with Crippen molar-refractivity contribution >= 4 is 28.8 Å². The lowest BCUT2D eigenvalue weighted by Gasteiger charge is -2.10. The monoisotopic (exact) mass is 619 g/mol. The molecule has 8 rings (SSSR count). The lowest BCUT2D eigenvalue weighted by Crippen LogP contribution is -2.00. The second-order valence-electron chi connectivity index (χ2n) is 11.2. The smallest absolute Gasteiger partial charge is 0.190 e. The summed E-state index contributed by atoms with van der Waals surface area (Å²) in [5, 5.41) is 10.5. The zero-order valence-corrected chi connectivity index (χ0v) is 25.6. The van der Waals surface area contributed by atoms with Crippen LogP contribution in [-0.2, 0) is 6.54 Å². The maximum atomic E-state index is 9.65. The fourth-order valence-corrected chi connectivity index (χ4v) is 5.75. The van der Waals surface area contributed by atoms with Gasteiger partial charge >= 0.3 is 0 Å². The van der Waals surface area contributed by atoms with Crippen LogP contribution in [-0.4, -0.2) is 31.6 Å². The fraction of sp³-hybridized carbons (Fsp3) is 0.0250. The molecule has 0 aliphatic carbocycles. The molecule has 48 heavy (non-hydrogen) atoms. The SMILES string of the molecule is C=NCc1nc(C#N)c2oc3ccc(-c4ccc(-c5cccc(-c6nc(-c7ccccc7)nc(-c7ccccc7)n6)c5)cc4)cc3c2n1. The highest BCUT2D eigenvalue weighted by molar-refractivity contribution is 6.05. The number of hydrogen-bond donors (Lipinski definition) is 0. The van der Waals surface area contributed by atoms with Gasteiger partial charge in [0.1, 0.15) is 17.2 Å². The molecule has 0 saturated heterocycles. The summed E-state index contributed by atoms with van der Waals surface area (Å²) < 4.78 is 5.98. The molecule has 0 fully saturated rings. The molecule has 3 heterocycles. The third-order valence-electron chi connectivity index (χ3n) is 8.09. The summed E-state index contributed by atoms with van der Waals surface area (Å²) in [6.07, 6.45) is 0. The van der Waals surface area contributed by atoms with Crippen molar-refractivity contribution in [1.82, 2.24) is 24.9 Å². The van der Waals surface area contributed by atoms with Crippen molar-refractivity contribution in [2.45, 2.75) is 6.54 Å². The summed E-state index contributed by atoms with van der Waals surface area (Å²) >= 11 is 0. The minimum absolute atomic E-state index is 0.188. The standard InChI is InChI=1S/C40H25N7O/c1-42-24-35-43-33(23-41)37-36(44-35)32-22-30(19-20-34(32)48-37)26-17-15-25(16-18-26)29-13-8-14-31(21-29)40-46-38(27-9-4-2-5-10-27)45-39(47-40)28-11-6-3-7-12-28/h2-22H,1,24H2. The molecule has 0 bridgehead atoms. The van der Waals surface area contributed by atoms with Crippen LogP contribution in [0.15, 0.2) is 137 Å². The van der Waals surface area contributed by atoms with Gasteiger partial charge in [-0.3, -0.25) is 4.99 Å². The Morgan fingerprint density at radius 3 is 1.71 bits per heavy atom. The summed E-state index contributed by atoms with van der Waals surface area (Å²) in [6, 6.07) is 44.6. The van der Waals surface area contributed by atoms with E-state index in [4.69, 9.17) is 19.4 Å². The van der Waals surface area contributed by atoms with Crippen molar-refractivity contribution in [3.8, 4) is 62.5 Å². The Morgan fingerprint density at radius 1 is 0.562 bits per heavy atom. The number of benzene rings is 5. The minimum atomic E-state index is 0.188. The number of furan rings is 1. The van der Waals surface area contributed by atoms with Gasteiger partial charge in [0.25, 0.3) is 0 Å². The summed E-state index contributed by atoms with van der Waals surface area (Å²) in [7, 11) is 0. The van der Waals surface area contributed by atoms with Crippen LogP contribution in [0.3, 0.4) is 0 Å². The van der Waals surface area contributed by atoms with Crippen molar-refractivity contribution in [2.75, 3.05) is 0 Å². The Morgan fingerprint density at radius 2 is 1.10 bits per heavy atom. The van der Waals surface area contributed by atoms with Gasteiger partial charge in [0, 0.05) is 22.1 Å². The molecule has 0 amide bonds. The van der Waals surface area contributed by atoms with Crippen LogP contribution in [0.25, 0.3) is 78.5 Å². The van der Waals surface area contributed by atoms with E-state index in [1.54, 1.807) is 0 Å². The number of aromatic nitrogens is 5. The van der Waals surface area contributed by atoms with Crippen molar-refractivity contribution in [2.24, 2.45) is 4.99 Å². The topological polar surface area (TPSA) is 114 Å². The number of rotatable bonds is 7. The van der Waals surface area contributed by atoms with Crippen LogP contribution >= 0.6 is 0 Å². The third kappa shape index (κ3) is 5.36. The highest BCUT2D eigenvalue weighted by Crippen LogP contribution is 2.34. The molecular weight excluding hydrogens is 594 g/mol. The van der Waals surface area contributed by atoms with Gasteiger partial charge < -0.3 is 4.42 Å². The normalized spacial score (nSPS) is 11.1. The molecule has 0 saturated carbocycles. The average molecular weight is 620 g/mol. The van der Waals surface area contributed by atoms with Gasteiger partial charge in [-0.1, -0.05) is 109 Å². The van der Waals surface area contributed by atoms with E-state index in [0.717, 1.165) is 44.3 Å². The molecule has 8 heteroatoms. The number of aliphatic imine (C=N–C) groups is 1. The predicted octanol–water partition coefficient (Wildman–Crippen LogP) is 8.97. The summed E-state index contributed by atoms with van der Waals surface area (Å²) in [5.74, 6) is 2.29. The van der Waals surface area contributed by atoms with Crippen molar-refractivity contribution in [1.29, 1.82) is 5.26 Å². The Bertz CT molecular complexity index is 2440. The van der Waals surface area contributed by atoms with E-state index in [1.165, 1.54) is 0 Å². The molecule has 8 aromatic rings. The zero-order valence-electron chi connectivity index (χ0n) is 25.6. The van der Waals surface area contributed by atoms with Crippen LogP contribution in [0.2, 0.25) is 0 Å². The van der Waals surface area contributed by atoms with Gasteiger partial charge in [0.15, 0.2) is 34.6 Å². The first-order chi connectivity index (χ1) is 23.7. The van der Waals surface area contributed by atoms with Gasteiger partial charge in [-0.25, -0.2) is 24.9 Å². The zero-order chi connectivity index (χ0) is 32.5. The van der Waals surface area contributed by atoms with Crippen molar-refractivity contribution in [3.63, 3.8) is 0 Å². The second kappa shape index (κ2) is 12.2. The fourth-order valence-electron chi connectivity index (χ4n) is 5.75. The quantitative estimate of drug-likeness (QED) is 0.164. The first-order valence-electron chi connectivity index (χ1n) is 15.3. The third-order valence-corrected chi connectivity index (χ3v) is 8.09. The molecular formula is C40H25N7O. The van der Waals surface area contributed by atoms with Gasteiger partial charge in [0.05, 0.1) is 6.54 Å². The summed E-state index contributed by atoms with van der Waals surface area (Å²) in [5.41, 5.74) is 8.68. The highest BCUT2D eigenvalue weighted by atomic mass is 16.3. The maximum Gasteiger partial charge on any atom is 0.190 e. The number of hydrogen-bond acceptors (Lipinski definition) is 8. The van der Waals surface area contributed by atoms with Crippen LogP contribution in [0.1, 0.15) is 11.5 Å². The van der Waals surface area contributed by atoms with E-state index >= 15 is 0 Å². The number of fused-ring (bicyclic) bond motifs is 3. The molecule has 5 aromatic carbocycles. The van der Waals surface area contributed by atoms with Crippen LogP contribution < -0.4 is 0 Å². The maximum absolute atomic E-state index is 9.65. The van der Waals surface area contributed by atoms with E-state index < -0.39 is 0 Å². The minimum Gasteiger partial charge on any atom is -0.451 e. The largest absolute Gasteiger partial charge is 0.451 e. The number of nitriles is 1. The highest BCUT2D eigenvalue weighted by Gasteiger charge is 2.17. The molecule has 0 aliphatic heterocycles. The Balaban J connectivity index is 1.15. The van der Waals surface area contributed by atoms with Crippen molar-refractivity contribution < 1.29 is 4.42 Å². The molecule has 0 radical (unpaired) electrons. The molecule has 0 spiro atoms. The molecule has 0 aliphatic rings. The van der Waals surface area contributed by atoms with Crippen LogP contribution in [0.4, 0.5) is 0 Å². The molecule has 0 atom stereocenters. The summed E-state index contributed by atoms with van der Waals surface area (Å²) in [4.78, 5) is 27.4. The second-order valence-corrected chi connectivity index (χ2v) is 11.2. The average Bonchev–Trinajstić information content (AvgIpc) is 3.53. The van der Waals surface area contributed by atoms with Gasteiger partial charge in [-0.15, -0.1) is 0 Å². The molecule has 8 nitrogen and oxygen atoms in total. The van der Waals surface area contributed by atoms with Gasteiger partial charge in [-0.2, -0.15) is 5.26 Å². The van der Waals surface area contributed by atoms with E-state index in [-0.39, 0.29) is 12.2 Å². The predicted molar refractivity (Wildman–Crippen MR) is 188 cm³/mol. The lowest BCUT2D eigenvalue weighted by molar-refractivity contribution is 0.662. The van der Waals surface area contributed by atoms with Gasteiger partial charge in [-0.05, 0) is 47.2 Å². The summed E-state index contributed by atoms with van der Waals surface area (Å²) in [6.45, 7) is 3.75. The molecule has 226 valence electrons. The number of nitrogens with zero attached hydrogens (tertiary/aromatic N) is 7. The van der Waals surface area contributed by atoms with Crippen LogP contribution in [0, 0.1) is 11.3 Å². The molecule has 3 aromatic heterocycles. The first kappa shape index (κ1) is 28.6.